The van der Waals surface area contributed by atoms with E-state index in [9.17, 15) is 9.59 Å². The number of hydrogen-bond donors (Lipinski definition) is 2. The summed E-state index contributed by atoms with van der Waals surface area (Å²) < 4.78 is 5.21. The van der Waals surface area contributed by atoms with Gasteiger partial charge in [-0.15, -0.1) is 10.2 Å². The van der Waals surface area contributed by atoms with Gasteiger partial charge in [-0.2, -0.15) is 0 Å². The smallest absolute Gasteiger partial charge is 0.249 e. The zero-order valence-electron chi connectivity index (χ0n) is 15.4. The largest absolute Gasteiger partial charge is 0.497 e. The van der Waals surface area contributed by atoms with Crippen LogP contribution in [0.15, 0.2) is 24.3 Å². The summed E-state index contributed by atoms with van der Waals surface area (Å²) in [5.74, 6) is 0.261. The molecule has 2 rings (SSSR count). The molecule has 1 aromatic carbocycles. The minimum absolute atomic E-state index is 0.0402. The maximum atomic E-state index is 12.5. The molecular formula is C18H24N4O3S. The number of benzene rings is 1. The highest BCUT2D eigenvalue weighted by atomic mass is 32.1. The summed E-state index contributed by atoms with van der Waals surface area (Å²) in [7, 11) is 1.60. The number of amides is 2. The Balaban J connectivity index is 2.08. The van der Waals surface area contributed by atoms with Gasteiger partial charge >= 0.3 is 0 Å². The van der Waals surface area contributed by atoms with Crippen molar-refractivity contribution in [3.63, 3.8) is 0 Å². The average Bonchev–Trinajstić information content (AvgIpc) is 3.08. The third kappa shape index (κ3) is 5.26. The Labute approximate surface area is 157 Å². The number of methoxy groups -OCH3 is 1. The second-order valence-electron chi connectivity index (χ2n) is 6.17. The van der Waals surface area contributed by atoms with Crippen LogP contribution < -0.4 is 15.4 Å². The van der Waals surface area contributed by atoms with E-state index in [1.165, 1.54) is 11.3 Å². The number of carbonyl (C=O) groups is 2. The molecule has 26 heavy (non-hydrogen) atoms. The fourth-order valence-corrected chi connectivity index (χ4v) is 3.08. The molecule has 2 amide bonds. The molecule has 8 heteroatoms. The van der Waals surface area contributed by atoms with Gasteiger partial charge in [0.1, 0.15) is 16.8 Å². The minimum atomic E-state index is -0.613. The summed E-state index contributed by atoms with van der Waals surface area (Å²) >= 11 is 1.27. The van der Waals surface area contributed by atoms with E-state index in [1.807, 2.05) is 45.0 Å². The van der Waals surface area contributed by atoms with E-state index >= 15 is 0 Å². The predicted octanol–water partition coefficient (Wildman–Crippen LogP) is 3.09. The third-order valence-electron chi connectivity index (χ3n) is 3.71. The van der Waals surface area contributed by atoms with Gasteiger partial charge in [0, 0.05) is 12.0 Å². The van der Waals surface area contributed by atoms with Gasteiger partial charge in [-0.3, -0.25) is 14.9 Å². The molecular weight excluding hydrogens is 352 g/mol. The molecule has 7 nitrogen and oxygen atoms in total. The Bertz CT molecular complexity index is 760. The maximum Gasteiger partial charge on any atom is 0.249 e. The van der Waals surface area contributed by atoms with Crippen molar-refractivity contribution < 1.29 is 14.3 Å². The Morgan fingerprint density at radius 2 is 2.04 bits per heavy atom. The number of rotatable bonds is 8. The van der Waals surface area contributed by atoms with E-state index < -0.39 is 6.04 Å². The van der Waals surface area contributed by atoms with Crippen molar-refractivity contribution in [3.05, 3.63) is 24.3 Å². The van der Waals surface area contributed by atoms with Crippen molar-refractivity contribution in [2.75, 3.05) is 12.4 Å². The number of ether oxygens (including phenoxy) is 1. The summed E-state index contributed by atoms with van der Waals surface area (Å²) in [5.41, 5.74) is 0.860. The van der Waals surface area contributed by atoms with Crippen LogP contribution in [0.3, 0.4) is 0 Å². The monoisotopic (exact) mass is 376 g/mol. The summed E-state index contributed by atoms with van der Waals surface area (Å²) in [5, 5.41) is 14.7. The molecule has 0 saturated heterocycles. The lowest BCUT2D eigenvalue weighted by atomic mass is 10.0. The van der Waals surface area contributed by atoms with Gasteiger partial charge in [0.15, 0.2) is 0 Å². The molecule has 0 aliphatic rings. The first-order valence-electron chi connectivity index (χ1n) is 8.52. The molecule has 0 saturated carbocycles. The average molecular weight is 376 g/mol. The highest BCUT2D eigenvalue weighted by Gasteiger charge is 2.25. The number of nitrogens with one attached hydrogen (secondary N) is 2. The minimum Gasteiger partial charge on any atom is -0.497 e. The standard InChI is InChI=1S/C18H24N4O3S/c1-5-7-14(23)19-15(11(2)3)16(24)20-18-22-21-17(26-18)12-8-6-9-13(10-12)25-4/h6,8-11,15H,5,7H2,1-4H3,(H,19,23)(H,20,22,24). The molecule has 0 spiro atoms. The van der Waals surface area contributed by atoms with Crippen molar-refractivity contribution in [3.8, 4) is 16.3 Å². The lowest BCUT2D eigenvalue weighted by Gasteiger charge is -2.20. The first-order chi connectivity index (χ1) is 12.4. The van der Waals surface area contributed by atoms with Crippen LogP contribution in [0.25, 0.3) is 10.6 Å². The second-order valence-corrected chi connectivity index (χ2v) is 7.15. The van der Waals surface area contributed by atoms with Gasteiger partial charge < -0.3 is 10.1 Å². The molecule has 1 atom stereocenters. The molecule has 0 bridgehead atoms. The van der Waals surface area contributed by atoms with E-state index in [2.05, 4.69) is 20.8 Å². The number of aromatic nitrogens is 2. The van der Waals surface area contributed by atoms with E-state index in [4.69, 9.17) is 4.74 Å². The molecule has 0 aliphatic carbocycles. The second kappa shape index (κ2) is 9.28. The van der Waals surface area contributed by atoms with Crippen molar-refractivity contribution in [1.29, 1.82) is 0 Å². The van der Waals surface area contributed by atoms with E-state index in [-0.39, 0.29) is 17.7 Å². The van der Waals surface area contributed by atoms with Gasteiger partial charge in [-0.05, 0) is 24.5 Å². The fourth-order valence-electron chi connectivity index (χ4n) is 2.34. The van der Waals surface area contributed by atoms with Crippen molar-refractivity contribution >= 4 is 28.3 Å². The van der Waals surface area contributed by atoms with E-state index in [1.54, 1.807) is 7.11 Å². The van der Waals surface area contributed by atoms with Crippen LogP contribution in [-0.2, 0) is 9.59 Å². The normalized spacial score (nSPS) is 11.9. The number of carbonyl (C=O) groups excluding carboxylic acids is 2. The van der Waals surface area contributed by atoms with E-state index in [0.717, 1.165) is 17.7 Å². The summed E-state index contributed by atoms with van der Waals surface area (Å²) in [4.78, 5) is 24.4. The van der Waals surface area contributed by atoms with Gasteiger partial charge in [0.25, 0.3) is 0 Å². The molecule has 0 aliphatic heterocycles. The lowest BCUT2D eigenvalue weighted by Crippen LogP contribution is -2.47. The van der Waals surface area contributed by atoms with Crippen LogP contribution in [-0.4, -0.2) is 35.2 Å². The van der Waals surface area contributed by atoms with Crippen LogP contribution in [0, 0.1) is 5.92 Å². The Hall–Kier alpha value is -2.48. The van der Waals surface area contributed by atoms with Gasteiger partial charge in [-0.1, -0.05) is 44.2 Å². The molecule has 1 heterocycles. The zero-order valence-corrected chi connectivity index (χ0v) is 16.2. The number of hydrogen-bond acceptors (Lipinski definition) is 6. The topological polar surface area (TPSA) is 93.2 Å². The Morgan fingerprint density at radius 3 is 2.69 bits per heavy atom. The van der Waals surface area contributed by atoms with Crippen molar-refractivity contribution in [2.45, 2.75) is 39.7 Å². The zero-order chi connectivity index (χ0) is 19.1. The molecule has 0 radical (unpaired) electrons. The third-order valence-corrected chi connectivity index (χ3v) is 4.60. The van der Waals surface area contributed by atoms with Crippen molar-refractivity contribution in [1.82, 2.24) is 15.5 Å². The van der Waals surface area contributed by atoms with Crippen LogP contribution >= 0.6 is 11.3 Å². The van der Waals surface area contributed by atoms with Crippen LogP contribution in [0.2, 0.25) is 0 Å². The predicted molar refractivity (Wildman–Crippen MR) is 102 cm³/mol. The lowest BCUT2D eigenvalue weighted by molar-refractivity contribution is -0.127. The summed E-state index contributed by atoms with van der Waals surface area (Å²) in [6, 6.07) is 6.86. The quantitative estimate of drug-likeness (QED) is 0.738. The van der Waals surface area contributed by atoms with E-state index in [0.29, 0.717) is 16.6 Å². The Kier molecular flexibility index (Phi) is 7.08. The molecule has 0 fully saturated rings. The molecule has 2 N–H and O–H groups in total. The highest BCUT2D eigenvalue weighted by molar-refractivity contribution is 7.18. The molecule has 2 aromatic rings. The summed E-state index contributed by atoms with van der Waals surface area (Å²) in [6.07, 6.45) is 1.13. The van der Waals surface area contributed by atoms with Gasteiger partial charge in [-0.25, -0.2) is 0 Å². The summed E-state index contributed by atoms with van der Waals surface area (Å²) in [6.45, 7) is 5.70. The fraction of sp³-hybridized carbons (Fsp3) is 0.444. The first kappa shape index (κ1) is 19.8. The molecule has 1 aromatic heterocycles. The number of anilines is 1. The van der Waals surface area contributed by atoms with Gasteiger partial charge in [0.2, 0.25) is 16.9 Å². The molecule has 140 valence electrons. The van der Waals surface area contributed by atoms with Crippen LogP contribution in [0.5, 0.6) is 5.75 Å². The SMILES string of the molecule is CCCC(=O)NC(C(=O)Nc1nnc(-c2cccc(OC)c2)s1)C(C)C. The Morgan fingerprint density at radius 1 is 1.27 bits per heavy atom. The molecule has 1 unspecified atom stereocenters. The number of nitrogens with zero attached hydrogens (tertiary/aromatic N) is 2. The van der Waals surface area contributed by atoms with Crippen molar-refractivity contribution in [2.24, 2.45) is 5.92 Å². The first-order valence-corrected chi connectivity index (χ1v) is 9.34. The van der Waals surface area contributed by atoms with Crippen LogP contribution in [0.4, 0.5) is 5.13 Å². The highest BCUT2D eigenvalue weighted by Crippen LogP contribution is 2.28. The van der Waals surface area contributed by atoms with Gasteiger partial charge in [0.05, 0.1) is 7.11 Å². The van der Waals surface area contributed by atoms with Crippen LogP contribution in [0.1, 0.15) is 33.6 Å². The maximum absolute atomic E-state index is 12.5.